The highest BCUT2D eigenvalue weighted by atomic mass is 16.5. The van der Waals surface area contributed by atoms with Crippen LogP contribution in [0.1, 0.15) is 32.6 Å². The second-order valence-electron chi connectivity index (χ2n) is 6.87. The number of nitrogens with zero attached hydrogens (tertiary/aromatic N) is 1. The van der Waals surface area contributed by atoms with Gasteiger partial charge < -0.3 is 26.0 Å². The number of hydrogen-bond donors (Lipinski definition) is 3. The third-order valence-electron chi connectivity index (χ3n) is 5.02. The lowest BCUT2D eigenvalue weighted by molar-refractivity contribution is -0.149. The molecule has 8 heteroatoms. The average molecular weight is 364 g/mol. The van der Waals surface area contributed by atoms with Crippen LogP contribution in [0.4, 0.5) is 0 Å². The van der Waals surface area contributed by atoms with Crippen LogP contribution in [-0.2, 0) is 19.1 Å². The van der Waals surface area contributed by atoms with Crippen molar-refractivity contribution in [1.82, 2.24) is 15.5 Å². The predicted molar refractivity (Wildman–Crippen MR) is 95.7 cm³/mol. The van der Waals surface area contributed by atoms with Crippen molar-refractivity contribution in [2.24, 2.45) is 11.7 Å². The molecule has 0 unspecified atom stereocenters. The molecule has 0 radical (unpaired) electrons. The molecule has 2 fully saturated rings. The van der Waals surface area contributed by atoms with Crippen LogP contribution in [0.3, 0.4) is 0 Å². The molecule has 2 rings (SSSR count). The van der Waals surface area contributed by atoms with Crippen LogP contribution in [0, 0.1) is 18.3 Å². The lowest BCUT2D eigenvalue weighted by Crippen LogP contribution is -2.58. The number of likely N-dealkylation sites (tertiary alicyclic amines) is 1. The molecule has 2 aliphatic rings. The number of primary amides is 1. The van der Waals surface area contributed by atoms with Crippen molar-refractivity contribution in [3.05, 3.63) is 0 Å². The highest BCUT2D eigenvalue weighted by molar-refractivity contribution is 5.92. The maximum absolute atomic E-state index is 13.0. The number of rotatable bonds is 6. The summed E-state index contributed by atoms with van der Waals surface area (Å²) in [6, 6.07) is -1.49. The highest BCUT2D eigenvalue weighted by Crippen LogP contribution is 2.25. The molecule has 0 aliphatic carbocycles. The molecule has 4 N–H and O–H groups in total. The Kier molecular flexibility index (Phi) is 7.42. The molecule has 8 nitrogen and oxygen atoms in total. The summed E-state index contributed by atoms with van der Waals surface area (Å²) in [6.07, 6.45) is 7.56. The minimum atomic E-state index is -0.801. The van der Waals surface area contributed by atoms with Crippen LogP contribution in [0.2, 0.25) is 0 Å². The van der Waals surface area contributed by atoms with Gasteiger partial charge in [0.25, 0.3) is 0 Å². The molecule has 0 aromatic carbocycles. The third kappa shape index (κ3) is 5.19. The minimum Gasteiger partial charge on any atom is -0.368 e. The zero-order valence-electron chi connectivity index (χ0n) is 15.2. The fourth-order valence-corrected chi connectivity index (χ4v) is 3.45. The second kappa shape index (κ2) is 9.55. The van der Waals surface area contributed by atoms with E-state index in [1.54, 1.807) is 4.90 Å². The van der Waals surface area contributed by atoms with Gasteiger partial charge in [-0.2, -0.15) is 0 Å². The highest BCUT2D eigenvalue weighted by Gasteiger charge is 2.39. The minimum absolute atomic E-state index is 0.00576. The quantitative estimate of drug-likeness (QED) is 0.523. The zero-order chi connectivity index (χ0) is 19.1. The lowest BCUT2D eigenvalue weighted by Gasteiger charge is -2.40. The van der Waals surface area contributed by atoms with Gasteiger partial charge in [0.05, 0.1) is 6.10 Å². The Morgan fingerprint density at radius 3 is 2.65 bits per heavy atom. The lowest BCUT2D eigenvalue weighted by atomic mass is 9.92. The molecule has 0 aromatic heterocycles. The topological polar surface area (TPSA) is 114 Å². The van der Waals surface area contributed by atoms with E-state index in [-0.39, 0.29) is 30.4 Å². The van der Waals surface area contributed by atoms with Crippen molar-refractivity contribution in [2.75, 3.05) is 26.2 Å². The van der Waals surface area contributed by atoms with Crippen molar-refractivity contribution < 1.29 is 19.1 Å². The number of ether oxygens (including phenoxy) is 1. The smallest absolute Gasteiger partial charge is 0.243 e. The van der Waals surface area contributed by atoms with Crippen LogP contribution < -0.4 is 16.4 Å². The first-order valence-corrected chi connectivity index (χ1v) is 9.10. The Morgan fingerprint density at radius 2 is 2.04 bits per heavy atom. The van der Waals surface area contributed by atoms with Crippen molar-refractivity contribution >= 4 is 17.7 Å². The number of terminal acetylenes is 1. The Hall–Kier alpha value is -2.11. The van der Waals surface area contributed by atoms with E-state index in [0.717, 1.165) is 25.9 Å². The summed E-state index contributed by atoms with van der Waals surface area (Å²) in [7, 11) is 0. The van der Waals surface area contributed by atoms with Gasteiger partial charge in [0.15, 0.2) is 0 Å². The summed E-state index contributed by atoms with van der Waals surface area (Å²) >= 11 is 0. The predicted octanol–water partition coefficient (Wildman–Crippen LogP) is -1.01. The van der Waals surface area contributed by atoms with Gasteiger partial charge in [-0.25, -0.2) is 0 Å². The van der Waals surface area contributed by atoms with E-state index in [9.17, 15) is 14.4 Å². The zero-order valence-corrected chi connectivity index (χ0v) is 15.2. The first kappa shape index (κ1) is 20.2. The van der Waals surface area contributed by atoms with E-state index in [2.05, 4.69) is 16.6 Å². The molecule has 0 spiro atoms. The van der Waals surface area contributed by atoms with Crippen molar-refractivity contribution in [1.29, 1.82) is 0 Å². The molecule has 3 atom stereocenters. The fraction of sp³-hybridized carbons (Fsp3) is 0.722. The van der Waals surface area contributed by atoms with Crippen LogP contribution in [0.15, 0.2) is 0 Å². The molecule has 2 saturated heterocycles. The van der Waals surface area contributed by atoms with Crippen molar-refractivity contribution in [3.63, 3.8) is 0 Å². The van der Waals surface area contributed by atoms with E-state index in [1.165, 1.54) is 6.92 Å². The number of nitrogens with two attached hydrogens (primary N) is 1. The van der Waals surface area contributed by atoms with Gasteiger partial charge in [-0.3, -0.25) is 14.4 Å². The van der Waals surface area contributed by atoms with Crippen molar-refractivity contribution in [3.8, 4) is 12.3 Å². The molecule has 144 valence electrons. The largest absolute Gasteiger partial charge is 0.368 e. The van der Waals surface area contributed by atoms with Gasteiger partial charge in [0.1, 0.15) is 18.7 Å². The number of carbonyl (C=O) groups is 3. The number of carbonyl (C=O) groups excluding carboxylic acids is 3. The van der Waals surface area contributed by atoms with Crippen LogP contribution >= 0.6 is 0 Å². The van der Waals surface area contributed by atoms with Gasteiger partial charge in [-0.15, -0.1) is 6.42 Å². The first-order chi connectivity index (χ1) is 12.4. The number of piperidine rings is 2. The molecular weight excluding hydrogens is 336 g/mol. The van der Waals surface area contributed by atoms with Gasteiger partial charge in [-0.05, 0) is 39.3 Å². The summed E-state index contributed by atoms with van der Waals surface area (Å²) < 4.78 is 5.58. The summed E-state index contributed by atoms with van der Waals surface area (Å²) in [5.74, 6) is 1.33. The van der Waals surface area contributed by atoms with E-state index in [1.807, 2.05) is 0 Å². The summed E-state index contributed by atoms with van der Waals surface area (Å²) in [6.45, 7) is 3.72. The Balaban J connectivity index is 2.10. The van der Waals surface area contributed by atoms with E-state index < -0.39 is 18.0 Å². The Morgan fingerprint density at radius 1 is 1.35 bits per heavy atom. The monoisotopic (exact) mass is 364 g/mol. The fourth-order valence-electron chi connectivity index (χ4n) is 3.45. The molecule has 0 saturated carbocycles. The van der Waals surface area contributed by atoms with Crippen LogP contribution in [0.5, 0.6) is 0 Å². The van der Waals surface area contributed by atoms with E-state index in [0.29, 0.717) is 19.4 Å². The molecule has 2 aliphatic heterocycles. The summed E-state index contributed by atoms with van der Waals surface area (Å²) in [5, 5.41) is 5.83. The molecule has 2 heterocycles. The van der Waals surface area contributed by atoms with E-state index in [4.69, 9.17) is 16.9 Å². The maximum Gasteiger partial charge on any atom is 0.243 e. The number of amides is 3. The van der Waals surface area contributed by atoms with Crippen LogP contribution in [0.25, 0.3) is 0 Å². The van der Waals surface area contributed by atoms with Gasteiger partial charge in [0, 0.05) is 18.9 Å². The van der Waals surface area contributed by atoms with Gasteiger partial charge in [-0.1, -0.05) is 5.92 Å². The molecule has 0 aromatic rings. The molecule has 3 amide bonds. The first-order valence-electron chi connectivity index (χ1n) is 9.10. The summed E-state index contributed by atoms with van der Waals surface area (Å²) in [5.41, 5.74) is 5.23. The molecule has 26 heavy (non-hydrogen) atoms. The van der Waals surface area contributed by atoms with Crippen molar-refractivity contribution in [2.45, 2.75) is 50.8 Å². The summed E-state index contributed by atoms with van der Waals surface area (Å²) in [4.78, 5) is 38.6. The second-order valence-corrected chi connectivity index (χ2v) is 6.87. The van der Waals surface area contributed by atoms with Crippen LogP contribution in [-0.4, -0.2) is 67.1 Å². The maximum atomic E-state index is 13.0. The molecular formula is C18H28N4O4. The average Bonchev–Trinajstić information content (AvgIpc) is 2.66. The standard InChI is InChI=1S/C18H28N4O4/c1-3-10-26-14-6-9-22(18(25)13-4-7-20-8-5-13)15(11-14)17(24)21-12(2)16(19)23/h1,12-15,20H,4-11H2,2H3,(H2,19,23)(H,21,24)/t12-,14+,15-/m0/s1. The molecule has 0 bridgehead atoms. The Labute approximate surface area is 154 Å². The number of hydrogen-bond acceptors (Lipinski definition) is 5. The van der Waals surface area contributed by atoms with Gasteiger partial charge in [0.2, 0.25) is 17.7 Å². The normalized spacial score (nSPS) is 25.2. The van der Waals surface area contributed by atoms with E-state index >= 15 is 0 Å². The van der Waals surface area contributed by atoms with Gasteiger partial charge >= 0.3 is 0 Å². The third-order valence-corrected chi connectivity index (χ3v) is 5.02. The SMILES string of the molecule is C#CCO[C@@H]1CCN(C(=O)C2CCNCC2)[C@H](C(=O)N[C@@H](C)C(N)=O)C1. The number of nitrogens with one attached hydrogen (secondary N) is 2. The Bertz CT molecular complexity index is 568.